The number of rotatable bonds is 1. The fourth-order valence-corrected chi connectivity index (χ4v) is 2.38. The summed E-state index contributed by atoms with van der Waals surface area (Å²) in [5.74, 6) is 0.225. The largest absolute Gasteiger partial charge is 0.327 e. The Hall–Kier alpha value is -0.890. The Bertz CT molecular complexity index is 315. The number of benzene rings is 1. The van der Waals surface area contributed by atoms with E-state index in [0.29, 0.717) is 5.92 Å². The highest BCUT2D eigenvalue weighted by Gasteiger charge is 2.25. The molecule has 1 fully saturated rings. The van der Waals surface area contributed by atoms with Crippen molar-refractivity contribution in [2.24, 2.45) is 5.73 Å². The molecule has 0 aliphatic heterocycles. The van der Waals surface area contributed by atoms with Gasteiger partial charge < -0.3 is 5.73 Å². The summed E-state index contributed by atoms with van der Waals surface area (Å²) in [5, 5.41) is 0. The molecule has 0 unspecified atom stereocenters. The Labute approximate surface area is 84.1 Å². The molecule has 0 amide bonds. The van der Waals surface area contributed by atoms with Gasteiger partial charge in [0.1, 0.15) is 5.82 Å². The van der Waals surface area contributed by atoms with Crippen LogP contribution in [0.1, 0.15) is 36.3 Å². The SMILES string of the molecule is Cc1cc(F)cc([C@H]2CCC[C@H]2N)c1. The molecule has 14 heavy (non-hydrogen) atoms. The highest BCUT2D eigenvalue weighted by molar-refractivity contribution is 5.28. The molecule has 2 heteroatoms. The van der Waals surface area contributed by atoms with Crippen molar-refractivity contribution in [3.8, 4) is 0 Å². The van der Waals surface area contributed by atoms with Gasteiger partial charge in [-0.05, 0) is 48.9 Å². The number of hydrogen-bond acceptors (Lipinski definition) is 1. The third-order valence-electron chi connectivity index (χ3n) is 3.06. The smallest absolute Gasteiger partial charge is 0.123 e. The van der Waals surface area contributed by atoms with Crippen LogP contribution in [0.4, 0.5) is 4.39 Å². The van der Waals surface area contributed by atoms with Crippen molar-refractivity contribution >= 4 is 0 Å². The van der Waals surface area contributed by atoms with Gasteiger partial charge in [0.15, 0.2) is 0 Å². The van der Waals surface area contributed by atoms with Crippen LogP contribution >= 0.6 is 0 Å². The van der Waals surface area contributed by atoms with Crippen LogP contribution in [0.2, 0.25) is 0 Å². The third-order valence-corrected chi connectivity index (χ3v) is 3.06. The summed E-state index contributed by atoms with van der Waals surface area (Å²) in [6.07, 6.45) is 3.34. The third kappa shape index (κ3) is 1.80. The molecule has 0 radical (unpaired) electrons. The van der Waals surface area contributed by atoms with Gasteiger partial charge in [0.25, 0.3) is 0 Å². The average Bonchev–Trinajstić information content (AvgIpc) is 2.49. The monoisotopic (exact) mass is 193 g/mol. The molecule has 0 saturated heterocycles. The Morgan fingerprint density at radius 1 is 1.29 bits per heavy atom. The molecule has 1 saturated carbocycles. The second-order valence-electron chi connectivity index (χ2n) is 4.26. The van der Waals surface area contributed by atoms with Crippen molar-refractivity contribution < 1.29 is 4.39 Å². The summed E-state index contributed by atoms with van der Waals surface area (Å²) in [7, 11) is 0. The van der Waals surface area contributed by atoms with Gasteiger partial charge in [-0.15, -0.1) is 0 Å². The van der Waals surface area contributed by atoms with E-state index < -0.39 is 0 Å². The number of nitrogens with two attached hydrogens (primary N) is 1. The minimum Gasteiger partial charge on any atom is -0.327 e. The van der Waals surface area contributed by atoms with E-state index in [-0.39, 0.29) is 11.9 Å². The summed E-state index contributed by atoms with van der Waals surface area (Å²) in [6.45, 7) is 1.92. The van der Waals surface area contributed by atoms with Gasteiger partial charge in [0.05, 0.1) is 0 Å². The zero-order chi connectivity index (χ0) is 10.1. The Balaban J connectivity index is 2.31. The molecular formula is C12H16FN. The van der Waals surface area contributed by atoms with E-state index in [1.165, 1.54) is 6.42 Å². The molecule has 76 valence electrons. The quantitative estimate of drug-likeness (QED) is 0.729. The maximum absolute atomic E-state index is 13.2. The number of aryl methyl sites for hydroxylation is 1. The topological polar surface area (TPSA) is 26.0 Å². The van der Waals surface area contributed by atoms with E-state index in [1.54, 1.807) is 12.1 Å². The summed E-state index contributed by atoms with van der Waals surface area (Å²) in [6, 6.07) is 5.46. The predicted octanol–water partition coefficient (Wildman–Crippen LogP) is 2.73. The van der Waals surface area contributed by atoms with Gasteiger partial charge in [-0.3, -0.25) is 0 Å². The van der Waals surface area contributed by atoms with Crippen molar-refractivity contribution in [3.63, 3.8) is 0 Å². The highest BCUT2D eigenvalue weighted by Crippen LogP contribution is 2.33. The molecule has 0 bridgehead atoms. The molecule has 0 aromatic heterocycles. The van der Waals surface area contributed by atoms with Gasteiger partial charge in [0.2, 0.25) is 0 Å². The molecule has 0 heterocycles. The molecule has 2 atom stereocenters. The average molecular weight is 193 g/mol. The van der Waals surface area contributed by atoms with Crippen molar-refractivity contribution in [3.05, 3.63) is 35.1 Å². The zero-order valence-corrected chi connectivity index (χ0v) is 8.46. The predicted molar refractivity (Wildman–Crippen MR) is 55.7 cm³/mol. The van der Waals surface area contributed by atoms with E-state index in [9.17, 15) is 4.39 Å². The lowest BCUT2D eigenvalue weighted by Gasteiger charge is -2.16. The summed E-state index contributed by atoms with van der Waals surface area (Å²) >= 11 is 0. The van der Waals surface area contributed by atoms with Crippen LogP contribution in [0.15, 0.2) is 18.2 Å². The minimum absolute atomic E-state index is 0.140. The van der Waals surface area contributed by atoms with Crippen LogP contribution < -0.4 is 5.73 Å². The van der Waals surface area contributed by atoms with Crippen LogP contribution in [0.25, 0.3) is 0 Å². The van der Waals surface area contributed by atoms with Gasteiger partial charge in [-0.1, -0.05) is 12.5 Å². The lowest BCUT2D eigenvalue weighted by Crippen LogP contribution is -2.22. The zero-order valence-electron chi connectivity index (χ0n) is 8.46. The van der Waals surface area contributed by atoms with Crippen LogP contribution in [-0.2, 0) is 0 Å². The van der Waals surface area contributed by atoms with E-state index in [1.807, 2.05) is 6.92 Å². The summed E-state index contributed by atoms with van der Waals surface area (Å²) in [5.41, 5.74) is 8.05. The molecule has 1 aliphatic carbocycles. The first-order valence-corrected chi connectivity index (χ1v) is 5.19. The van der Waals surface area contributed by atoms with Crippen molar-refractivity contribution in [1.82, 2.24) is 0 Å². The van der Waals surface area contributed by atoms with E-state index in [2.05, 4.69) is 6.07 Å². The van der Waals surface area contributed by atoms with E-state index >= 15 is 0 Å². The van der Waals surface area contributed by atoms with Crippen molar-refractivity contribution in [2.45, 2.75) is 38.1 Å². The molecule has 2 rings (SSSR count). The second kappa shape index (κ2) is 3.70. The maximum atomic E-state index is 13.2. The van der Waals surface area contributed by atoms with Crippen LogP contribution in [0.3, 0.4) is 0 Å². The number of halogens is 1. The van der Waals surface area contributed by atoms with Gasteiger partial charge in [-0.2, -0.15) is 0 Å². The molecule has 2 N–H and O–H groups in total. The molecule has 0 spiro atoms. The lowest BCUT2D eigenvalue weighted by molar-refractivity contribution is 0.592. The Kier molecular flexibility index (Phi) is 2.55. The fourth-order valence-electron chi connectivity index (χ4n) is 2.38. The van der Waals surface area contributed by atoms with E-state index in [0.717, 1.165) is 24.0 Å². The standard InChI is InChI=1S/C12H16FN/c1-8-5-9(7-10(13)6-8)11-3-2-4-12(11)14/h5-7,11-12H,2-4,14H2,1H3/t11-,12-/m1/s1. The first-order valence-electron chi connectivity index (χ1n) is 5.19. The normalized spacial score (nSPS) is 26.8. The molecule has 1 aliphatic rings. The van der Waals surface area contributed by atoms with Gasteiger partial charge in [-0.25, -0.2) is 4.39 Å². The first-order chi connectivity index (χ1) is 6.66. The van der Waals surface area contributed by atoms with Gasteiger partial charge >= 0.3 is 0 Å². The molecule has 1 nitrogen and oxygen atoms in total. The second-order valence-corrected chi connectivity index (χ2v) is 4.26. The van der Waals surface area contributed by atoms with Crippen LogP contribution in [-0.4, -0.2) is 6.04 Å². The molecule has 1 aromatic carbocycles. The molecule has 1 aromatic rings. The van der Waals surface area contributed by atoms with Gasteiger partial charge in [0, 0.05) is 6.04 Å². The number of hydrogen-bond donors (Lipinski definition) is 1. The maximum Gasteiger partial charge on any atom is 0.123 e. The Morgan fingerprint density at radius 2 is 2.07 bits per heavy atom. The first kappa shape index (κ1) is 9.66. The lowest BCUT2D eigenvalue weighted by atomic mass is 9.93. The fraction of sp³-hybridized carbons (Fsp3) is 0.500. The highest BCUT2D eigenvalue weighted by atomic mass is 19.1. The van der Waals surface area contributed by atoms with Crippen LogP contribution in [0.5, 0.6) is 0 Å². The molecular weight excluding hydrogens is 177 g/mol. The Morgan fingerprint density at radius 3 is 2.64 bits per heavy atom. The minimum atomic E-state index is -0.140. The summed E-state index contributed by atoms with van der Waals surface area (Å²) in [4.78, 5) is 0. The van der Waals surface area contributed by atoms with Crippen molar-refractivity contribution in [1.29, 1.82) is 0 Å². The summed E-state index contributed by atoms with van der Waals surface area (Å²) < 4.78 is 13.2. The van der Waals surface area contributed by atoms with Crippen LogP contribution in [0, 0.1) is 12.7 Å². The van der Waals surface area contributed by atoms with E-state index in [4.69, 9.17) is 5.73 Å². The van der Waals surface area contributed by atoms with Crippen molar-refractivity contribution in [2.75, 3.05) is 0 Å².